The third-order valence-corrected chi connectivity index (χ3v) is 7.53. The zero-order valence-electron chi connectivity index (χ0n) is 17.1. The number of thioether (sulfide) groups is 1. The number of aromatic nitrogens is 1. The molecule has 5 rings (SSSR count). The monoisotopic (exact) mass is 406 g/mol. The molecule has 0 unspecified atom stereocenters. The molecule has 152 valence electrons. The molecule has 29 heavy (non-hydrogen) atoms. The number of hydrogen-bond donors (Lipinski definition) is 1. The van der Waals surface area contributed by atoms with Crippen LogP contribution in [0.4, 0.5) is 0 Å². The molecule has 1 N–H and O–H groups in total. The highest BCUT2D eigenvalue weighted by Crippen LogP contribution is 2.43. The molecule has 2 aliphatic heterocycles. The summed E-state index contributed by atoms with van der Waals surface area (Å²) in [6.45, 7) is 4.91. The molecule has 0 spiro atoms. The van der Waals surface area contributed by atoms with Crippen molar-refractivity contribution < 1.29 is 5.11 Å². The Labute approximate surface area is 177 Å². The second-order valence-electron chi connectivity index (χ2n) is 8.38. The summed E-state index contributed by atoms with van der Waals surface area (Å²) >= 11 is 1.96. The number of likely N-dealkylation sites (tertiary alicyclic amines) is 1. The summed E-state index contributed by atoms with van der Waals surface area (Å²) in [5.41, 5.74) is 5.42. The molecule has 3 aromatic rings. The van der Waals surface area contributed by atoms with Crippen molar-refractivity contribution in [2.45, 2.75) is 50.0 Å². The van der Waals surface area contributed by atoms with Crippen molar-refractivity contribution >= 4 is 22.7 Å². The molecule has 1 saturated heterocycles. The molecule has 0 atom stereocenters. The van der Waals surface area contributed by atoms with E-state index in [1.807, 2.05) is 23.9 Å². The highest BCUT2D eigenvalue weighted by Gasteiger charge is 2.23. The average molecular weight is 407 g/mol. The van der Waals surface area contributed by atoms with E-state index in [2.05, 4.69) is 39.8 Å². The molecule has 1 fully saturated rings. The predicted molar refractivity (Wildman–Crippen MR) is 123 cm³/mol. The Kier molecular flexibility index (Phi) is 5.56. The number of phenolic OH excluding ortho intramolecular Hbond substituents is 1. The summed E-state index contributed by atoms with van der Waals surface area (Å²) in [5, 5.41) is 11.4. The highest BCUT2D eigenvalue weighted by atomic mass is 32.2. The van der Waals surface area contributed by atoms with Gasteiger partial charge in [-0.1, -0.05) is 24.6 Å². The maximum Gasteiger partial charge on any atom is 0.116 e. The van der Waals surface area contributed by atoms with Crippen LogP contribution < -0.4 is 0 Å². The number of benzene rings is 2. The Balaban J connectivity index is 1.44. The third kappa shape index (κ3) is 3.80. The van der Waals surface area contributed by atoms with Gasteiger partial charge in [-0.3, -0.25) is 0 Å². The molecular formula is C25H30N2OS. The van der Waals surface area contributed by atoms with Crippen LogP contribution in [0.1, 0.15) is 37.7 Å². The Hall–Kier alpha value is -1.91. The maximum absolute atomic E-state index is 10.1. The zero-order valence-corrected chi connectivity index (χ0v) is 17.9. The molecule has 3 heterocycles. The van der Waals surface area contributed by atoms with Gasteiger partial charge in [0.2, 0.25) is 0 Å². The first-order valence-electron chi connectivity index (χ1n) is 11.1. The van der Waals surface area contributed by atoms with Gasteiger partial charge in [-0.05, 0) is 81.6 Å². The third-order valence-electron chi connectivity index (χ3n) is 6.46. The molecule has 0 radical (unpaired) electrons. The van der Waals surface area contributed by atoms with Crippen molar-refractivity contribution in [1.29, 1.82) is 0 Å². The minimum Gasteiger partial charge on any atom is -0.508 e. The standard InChI is InChI=1S/C25H30N2OS/c28-19-10-11-23-22(18-19)20-12-17-29-24-9-3-2-8-21(24)25(20)27(23)16-5-1-4-13-26-14-6-7-15-26/h2-3,8-11,18,28H,1,4-7,12-17H2. The van der Waals surface area contributed by atoms with Gasteiger partial charge < -0.3 is 14.6 Å². The first-order chi connectivity index (χ1) is 14.3. The SMILES string of the molecule is Oc1ccc2c(c1)c1c(n2CCCCCN2CCCC2)-c2ccccc2SCC1. The number of aryl methyl sites for hydroxylation is 2. The molecule has 0 amide bonds. The molecular weight excluding hydrogens is 376 g/mol. The summed E-state index contributed by atoms with van der Waals surface area (Å²) in [6, 6.07) is 14.7. The van der Waals surface area contributed by atoms with Crippen molar-refractivity contribution in [2.75, 3.05) is 25.4 Å². The van der Waals surface area contributed by atoms with E-state index < -0.39 is 0 Å². The molecule has 3 nitrogen and oxygen atoms in total. The molecule has 0 aliphatic carbocycles. The van der Waals surface area contributed by atoms with Gasteiger partial charge in [-0.15, -0.1) is 11.8 Å². The number of unbranched alkanes of at least 4 members (excludes halogenated alkanes) is 2. The van der Waals surface area contributed by atoms with E-state index in [0.29, 0.717) is 5.75 Å². The summed E-state index contributed by atoms with van der Waals surface area (Å²) in [4.78, 5) is 4.00. The fourth-order valence-corrected chi connectivity index (χ4v) is 6.07. The van der Waals surface area contributed by atoms with E-state index in [-0.39, 0.29) is 0 Å². The van der Waals surface area contributed by atoms with Gasteiger partial charge in [0.05, 0.1) is 5.69 Å². The number of hydrogen-bond acceptors (Lipinski definition) is 3. The van der Waals surface area contributed by atoms with Crippen molar-refractivity contribution in [1.82, 2.24) is 9.47 Å². The number of phenols is 1. The van der Waals surface area contributed by atoms with Crippen LogP contribution in [-0.4, -0.2) is 40.0 Å². The van der Waals surface area contributed by atoms with Gasteiger partial charge in [-0.2, -0.15) is 0 Å². The first-order valence-corrected chi connectivity index (χ1v) is 12.1. The average Bonchev–Trinajstić information content (AvgIpc) is 3.30. The van der Waals surface area contributed by atoms with Crippen LogP contribution in [-0.2, 0) is 13.0 Å². The van der Waals surface area contributed by atoms with Crippen LogP contribution in [0.2, 0.25) is 0 Å². The van der Waals surface area contributed by atoms with E-state index in [1.165, 1.54) is 84.4 Å². The number of nitrogens with zero attached hydrogens (tertiary/aromatic N) is 2. The van der Waals surface area contributed by atoms with Crippen LogP contribution in [0.15, 0.2) is 47.4 Å². The smallest absolute Gasteiger partial charge is 0.116 e. The topological polar surface area (TPSA) is 28.4 Å². The maximum atomic E-state index is 10.1. The first kappa shape index (κ1) is 19.1. The lowest BCUT2D eigenvalue weighted by Crippen LogP contribution is -2.20. The van der Waals surface area contributed by atoms with Crippen LogP contribution in [0.3, 0.4) is 0 Å². The van der Waals surface area contributed by atoms with Crippen molar-refractivity contribution in [2.24, 2.45) is 0 Å². The number of fused-ring (bicyclic) bond motifs is 5. The molecule has 1 aromatic heterocycles. The van der Waals surface area contributed by atoms with E-state index in [1.54, 1.807) is 0 Å². The minimum absolute atomic E-state index is 0.369. The lowest BCUT2D eigenvalue weighted by atomic mass is 10.0. The van der Waals surface area contributed by atoms with Crippen molar-refractivity contribution in [3.63, 3.8) is 0 Å². The Morgan fingerprint density at radius 1 is 0.931 bits per heavy atom. The lowest BCUT2D eigenvalue weighted by Gasteiger charge is -2.15. The minimum atomic E-state index is 0.369. The largest absolute Gasteiger partial charge is 0.508 e. The normalized spacial score (nSPS) is 16.7. The predicted octanol–water partition coefficient (Wildman–Crippen LogP) is 5.93. The second kappa shape index (κ2) is 8.45. The van der Waals surface area contributed by atoms with Gasteiger partial charge in [0.15, 0.2) is 0 Å². The molecule has 2 aliphatic rings. The van der Waals surface area contributed by atoms with Crippen LogP contribution in [0.25, 0.3) is 22.2 Å². The number of aromatic hydroxyl groups is 1. The Morgan fingerprint density at radius 3 is 2.66 bits per heavy atom. The molecule has 0 saturated carbocycles. The van der Waals surface area contributed by atoms with Gasteiger partial charge in [-0.25, -0.2) is 0 Å². The van der Waals surface area contributed by atoms with Crippen LogP contribution >= 0.6 is 11.8 Å². The summed E-state index contributed by atoms with van der Waals surface area (Å²) < 4.78 is 2.53. The van der Waals surface area contributed by atoms with Crippen molar-refractivity contribution in [3.8, 4) is 17.0 Å². The quantitative estimate of drug-likeness (QED) is 0.514. The van der Waals surface area contributed by atoms with E-state index >= 15 is 0 Å². The van der Waals surface area contributed by atoms with Crippen LogP contribution in [0.5, 0.6) is 5.75 Å². The number of rotatable bonds is 6. The van der Waals surface area contributed by atoms with E-state index in [0.717, 1.165) is 18.7 Å². The zero-order chi connectivity index (χ0) is 19.6. The fourth-order valence-electron chi connectivity index (χ4n) is 5.04. The summed E-state index contributed by atoms with van der Waals surface area (Å²) in [7, 11) is 0. The van der Waals surface area contributed by atoms with Crippen molar-refractivity contribution in [3.05, 3.63) is 48.0 Å². The van der Waals surface area contributed by atoms with Gasteiger partial charge in [0.25, 0.3) is 0 Å². The van der Waals surface area contributed by atoms with Gasteiger partial charge in [0.1, 0.15) is 5.75 Å². The van der Waals surface area contributed by atoms with Gasteiger partial charge in [0, 0.05) is 33.7 Å². The summed E-state index contributed by atoms with van der Waals surface area (Å²) in [6.07, 6.45) is 7.60. The molecule has 0 bridgehead atoms. The lowest BCUT2D eigenvalue weighted by molar-refractivity contribution is 0.327. The van der Waals surface area contributed by atoms with E-state index in [9.17, 15) is 5.11 Å². The molecule has 4 heteroatoms. The Bertz CT molecular complexity index is 1000. The van der Waals surface area contributed by atoms with Gasteiger partial charge >= 0.3 is 0 Å². The summed E-state index contributed by atoms with van der Waals surface area (Å²) in [5.74, 6) is 1.46. The molecule has 2 aromatic carbocycles. The van der Waals surface area contributed by atoms with Crippen LogP contribution in [0, 0.1) is 0 Å². The van der Waals surface area contributed by atoms with E-state index in [4.69, 9.17) is 0 Å². The highest BCUT2D eigenvalue weighted by molar-refractivity contribution is 7.99. The fraction of sp³-hybridized carbons (Fsp3) is 0.440. The Morgan fingerprint density at radius 2 is 1.76 bits per heavy atom. The second-order valence-corrected chi connectivity index (χ2v) is 9.52.